The van der Waals surface area contributed by atoms with Crippen molar-refractivity contribution in [1.29, 1.82) is 0 Å². The van der Waals surface area contributed by atoms with Crippen LogP contribution in [0.4, 0.5) is 5.69 Å². The summed E-state index contributed by atoms with van der Waals surface area (Å²) in [5.74, 6) is 0. The lowest BCUT2D eigenvalue weighted by Crippen LogP contribution is -2.58. The summed E-state index contributed by atoms with van der Waals surface area (Å²) in [6.07, 6.45) is 3.85. The van der Waals surface area contributed by atoms with Crippen LogP contribution in [0.25, 0.3) is 0 Å². The van der Waals surface area contributed by atoms with E-state index in [1.807, 2.05) is 0 Å². The molecule has 2 unspecified atom stereocenters. The predicted molar refractivity (Wildman–Crippen MR) is 89.3 cm³/mol. The number of anilines is 1. The van der Waals surface area contributed by atoms with Crippen LogP contribution in [0.1, 0.15) is 19.3 Å². The number of hydrogen-bond acceptors (Lipinski definition) is 3. The topological polar surface area (TPSA) is 15.7 Å². The fourth-order valence-electron chi connectivity index (χ4n) is 4.22. The van der Waals surface area contributed by atoms with Crippen molar-refractivity contribution < 1.29 is 4.74 Å². The molecule has 0 radical (unpaired) electrons. The molecule has 108 valence electrons. The molecule has 3 saturated heterocycles. The van der Waals surface area contributed by atoms with Crippen molar-refractivity contribution in [3.63, 3.8) is 0 Å². The normalized spacial score (nSPS) is 33.9. The van der Waals surface area contributed by atoms with Gasteiger partial charge in [-0.1, -0.05) is 0 Å². The third kappa shape index (κ3) is 2.16. The Bertz CT molecular complexity index is 492. The molecule has 3 heterocycles. The number of hydrogen-bond donors (Lipinski definition) is 0. The summed E-state index contributed by atoms with van der Waals surface area (Å²) in [5.41, 5.74) is 1.44. The highest BCUT2D eigenvalue weighted by Crippen LogP contribution is 2.40. The first-order valence-electron chi connectivity index (χ1n) is 7.65. The van der Waals surface area contributed by atoms with E-state index in [4.69, 9.17) is 4.74 Å². The standard InChI is InChI=1S/C16H21IN2O/c17-13-3-5-14(6-4-13)19-9-7-16(12-19)15-2-1-8-18(15)10-11-20-16/h3-6,15H,1-2,7-12H2. The number of benzene rings is 1. The van der Waals surface area contributed by atoms with Crippen LogP contribution in [-0.4, -0.2) is 49.3 Å². The van der Waals surface area contributed by atoms with Gasteiger partial charge in [-0.15, -0.1) is 0 Å². The van der Waals surface area contributed by atoms with Crippen molar-refractivity contribution in [1.82, 2.24) is 4.90 Å². The third-order valence-corrected chi connectivity index (χ3v) is 5.91. The van der Waals surface area contributed by atoms with Gasteiger partial charge in [-0.2, -0.15) is 0 Å². The molecule has 20 heavy (non-hydrogen) atoms. The number of fused-ring (bicyclic) bond motifs is 2. The van der Waals surface area contributed by atoms with Gasteiger partial charge in [-0.05, 0) is 72.7 Å². The molecule has 0 N–H and O–H groups in total. The minimum absolute atomic E-state index is 0.0950. The van der Waals surface area contributed by atoms with E-state index in [2.05, 4.69) is 56.7 Å². The molecule has 1 spiro atoms. The minimum atomic E-state index is 0.0950. The summed E-state index contributed by atoms with van der Waals surface area (Å²) in [4.78, 5) is 5.18. The van der Waals surface area contributed by atoms with Crippen molar-refractivity contribution in [2.24, 2.45) is 0 Å². The Morgan fingerprint density at radius 3 is 2.85 bits per heavy atom. The van der Waals surface area contributed by atoms with Crippen molar-refractivity contribution in [2.75, 3.05) is 37.7 Å². The molecule has 3 aliphatic rings. The molecule has 0 amide bonds. The maximum atomic E-state index is 6.33. The molecule has 0 bridgehead atoms. The Kier molecular flexibility index (Phi) is 3.43. The third-order valence-electron chi connectivity index (χ3n) is 5.19. The quantitative estimate of drug-likeness (QED) is 0.693. The molecule has 4 rings (SSSR count). The number of rotatable bonds is 1. The van der Waals surface area contributed by atoms with Gasteiger partial charge >= 0.3 is 0 Å². The first-order valence-corrected chi connectivity index (χ1v) is 8.73. The van der Waals surface area contributed by atoms with Gasteiger partial charge in [0.05, 0.1) is 6.61 Å². The fraction of sp³-hybridized carbons (Fsp3) is 0.625. The Morgan fingerprint density at radius 1 is 1.15 bits per heavy atom. The summed E-state index contributed by atoms with van der Waals surface area (Å²) < 4.78 is 7.63. The Hall–Kier alpha value is -0.330. The monoisotopic (exact) mass is 384 g/mol. The maximum absolute atomic E-state index is 6.33. The summed E-state index contributed by atoms with van der Waals surface area (Å²) in [6, 6.07) is 9.55. The minimum Gasteiger partial charge on any atom is -0.370 e. The van der Waals surface area contributed by atoms with Crippen LogP contribution in [-0.2, 0) is 4.74 Å². The van der Waals surface area contributed by atoms with E-state index in [9.17, 15) is 0 Å². The number of halogens is 1. The first kappa shape index (κ1) is 13.3. The lowest BCUT2D eigenvalue weighted by molar-refractivity contribution is -0.122. The molecule has 0 aromatic heterocycles. The largest absolute Gasteiger partial charge is 0.370 e. The van der Waals surface area contributed by atoms with Gasteiger partial charge in [0.2, 0.25) is 0 Å². The van der Waals surface area contributed by atoms with Crippen LogP contribution in [0, 0.1) is 3.57 Å². The van der Waals surface area contributed by atoms with E-state index in [0.29, 0.717) is 6.04 Å². The summed E-state index contributed by atoms with van der Waals surface area (Å²) in [6.45, 7) is 5.52. The molecule has 1 aromatic carbocycles. The first-order chi connectivity index (χ1) is 9.77. The molecule has 0 saturated carbocycles. The molecule has 3 aliphatic heterocycles. The molecule has 3 nitrogen and oxygen atoms in total. The number of nitrogens with zero attached hydrogens (tertiary/aromatic N) is 2. The van der Waals surface area contributed by atoms with Crippen LogP contribution in [0.2, 0.25) is 0 Å². The van der Waals surface area contributed by atoms with E-state index in [-0.39, 0.29) is 5.60 Å². The van der Waals surface area contributed by atoms with Crippen LogP contribution < -0.4 is 4.90 Å². The van der Waals surface area contributed by atoms with Crippen molar-refractivity contribution in [2.45, 2.75) is 30.9 Å². The second-order valence-electron chi connectivity index (χ2n) is 6.26. The zero-order valence-electron chi connectivity index (χ0n) is 11.7. The van der Waals surface area contributed by atoms with Crippen molar-refractivity contribution >= 4 is 28.3 Å². The maximum Gasteiger partial charge on any atom is 0.103 e. The van der Waals surface area contributed by atoms with Gasteiger partial charge < -0.3 is 9.64 Å². The van der Waals surface area contributed by atoms with Crippen molar-refractivity contribution in [3.05, 3.63) is 27.8 Å². The van der Waals surface area contributed by atoms with Gasteiger partial charge in [0.25, 0.3) is 0 Å². The van der Waals surface area contributed by atoms with E-state index < -0.39 is 0 Å². The van der Waals surface area contributed by atoms with Gasteiger partial charge in [-0.25, -0.2) is 0 Å². The SMILES string of the molecule is Ic1ccc(N2CCC3(C2)OCCN2CCCC23)cc1. The fourth-order valence-corrected chi connectivity index (χ4v) is 4.58. The smallest absolute Gasteiger partial charge is 0.103 e. The van der Waals surface area contributed by atoms with Crippen molar-refractivity contribution in [3.8, 4) is 0 Å². The van der Waals surface area contributed by atoms with Gasteiger partial charge in [-0.3, -0.25) is 4.90 Å². The average Bonchev–Trinajstić information content (AvgIpc) is 3.08. The lowest BCUT2D eigenvalue weighted by Gasteiger charge is -2.44. The van der Waals surface area contributed by atoms with Crippen LogP contribution >= 0.6 is 22.6 Å². The van der Waals surface area contributed by atoms with E-state index in [0.717, 1.165) is 26.2 Å². The predicted octanol–water partition coefficient (Wildman–Crippen LogP) is 2.73. The molecule has 3 fully saturated rings. The highest BCUT2D eigenvalue weighted by atomic mass is 127. The van der Waals surface area contributed by atoms with E-state index in [1.165, 1.54) is 35.1 Å². The second-order valence-corrected chi connectivity index (χ2v) is 7.50. The molecule has 1 aromatic rings. The van der Waals surface area contributed by atoms with Gasteiger partial charge in [0, 0.05) is 34.9 Å². The highest BCUT2D eigenvalue weighted by Gasteiger charge is 2.51. The van der Waals surface area contributed by atoms with Crippen LogP contribution in [0.5, 0.6) is 0 Å². The highest BCUT2D eigenvalue weighted by molar-refractivity contribution is 14.1. The van der Waals surface area contributed by atoms with E-state index in [1.54, 1.807) is 0 Å². The second kappa shape index (κ2) is 5.14. The van der Waals surface area contributed by atoms with Crippen LogP contribution in [0.15, 0.2) is 24.3 Å². The van der Waals surface area contributed by atoms with Crippen LogP contribution in [0.3, 0.4) is 0 Å². The molecule has 0 aliphatic carbocycles. The summed E-state index contributed by atoms with van der Waals surface area (Å²) in [5, 5.41) is 0. The molecular formula is C16H21IN2O. The summed E-state index contributed by atoms with van der Waals surface area (Å²) in [7, 11) is 0. The van der Waals surface area contributed by atoms with Gasteiger partial charge in [0.1, 0.15) is 5.60 Å². The number of morpholine rings is 1. The zero-order valence-corrected chi connectivity index (χ0v) is 13.9. The van der Waals surface area contributed by atoms with Gasteiger partial charge in [0.15, 0.2) is 0 Å². The molecule has 2 atom stereocenters. The zero-order chi connectivity index (χ0) is 13.6. The Morgan fingerprint density at radius 2 is 2.00 bits per heavy atom. The lowest BCUT2D eigenvalue weighted by atomic mass is 9.89. The Balaban J connectivity index is 1.55. The Labute approximate surface area is 134 Å². The average molecular weight is 384 g/mol. The molecular weight excluding hydrogens is 363 g/mol. The van der Waals surface area contributed by atoms with E-state index >= 15 is 0 Å². The number of ether oxygens (including phenoxy) is 1. The molecule has 4 heteroatoms. The summed E-state index contributed by atoms with van der Waals surface area (Å²) >= 11 is 2.37.